The quantitative estimate of drug-likeness (QED) is 0.830. The van der Waals surface area contributed by atoms with Crippen molar-refractivity contribution >= 4 is 10.8 Å². The minimum Gasteiger partial charge on any atom is -0.298 e. The molecule has 0 bridgehead atoms. The second-order valence-corrected chi connectivity index (χ2v) is 6.64. The molecule has 2 fully saturated rings. The van der Waals surface area contributed by atoms with E-state index in [4.69, 9.17) is 0 Å². The standard InChI is InChI=1S/C19H24N2/c1-15-19-7-4-10-20(19)11-12-21(15)14-16-8-9-17-5-2-3-6-18(17)13-16/h2-3,5-6,8-9,13,15,19H,4,7,10-12,14H2,1H3/t15-,19-/m1/s1. The minimum atomic E-state index is 0.688. The molecule has 0 aromatic heterocycles. The van der Waals surface area contributed by atoms with Crippen LogP contribution in [0.2, 0.25) is 0 Å². The molecule has 4 rings (SSSR count). The first-order valence-electron chi connectivity index (χ1n) is 8.27. The molecule has 2 aliphatic heterocycles. The predicted octanol–water partition coefficient (Wildman–Crippen LogP) is 3.51. The lowest BCUT2D eigenvalue weighted by atomic mass is 10.0. The number of rotatable bonds is 2. The predicted molar refractivity (Wildman–Crippen MR) is 88.4 cm³/mol. The summed E-state index contributed by atoms with van der Waals surface area (Å²) in [6.07, 6.45) is 2.77. The van der Waals surface area contributed by atoms with Crippen LogP contribution in [0, 0.1) is 0 Å². The topological polar surface area (TPSA) is 6.48 Å². The van der Waals surface area contributed by atoms with Gasteiger partial charge in [0.15, 0.2) is 0 Å². The zero-order valence-corrected chi connectivity index (χ0v) is 12.8. The fourth-order valence-corrected chi connectivity index (χ4v) is 4.17. The van der Waals surface area contributed by atoms with Crippen LogP contribution in [0.25, 0.3) is 10.8 Å². The summed E-state index contributed by atoms with van der Waals surface area (Å²) in [6, 6.07) is 17.1. The highest BCUT2D eigenvalue weighted by molar-refractivity contribution is 5.82. The maximum Gasteiger partial charge on any atom is 0.0250 e. The lowest BCUT2D eigenvalue weighted by Crippen LogP contribution is -2.55. The Labute approximate surface area is 127 Å². The molecule has 2 nitrogen and oxygen atoms in total. The molecule has 2 heteroatoms. The number of hydrogen-bond acceptors (Lipinski definition) is 2. The van der Waals surface area contributed by atoms with Gasteiger partial charge in [0, 0.05) is 31.7 Å². The van der Waals surface area contributed by atoms with E-state index < -0.39 is 0 Å². The molecule has 0 radical (unpaired) electrons. The van der Waals surface area contributed by atoms with E-state index >= 15 is 0 Å². The monoisotopic (exact) mass is 280 g/mol. The third kappa shape index (κ3) is 2.47. The van der Waals surface area contributed by atoms with Gasteiger partial charge in [0.05, 0.1) is 0 Å². The Morgan fingerprint density at radius 1 is 1.00 bits per heavy atom. The zero-order chi connectivity index (χ0) is 14.2. The van der Waals surface area contributed by atoms with Gasteiger partial charge < -0.3 is 0 Å². The Bertz CT molecular complexity index is 636. The SMILES string of the molecule is C[C@@H]1[C@H]2CCCN2CCN1Cc1ccc2ccccc2c1. The highest BCUT2D eigenvalue weighted by Gasteiger charge is 2.36. The molecule has 0 spiro atoms. The van der Waals surface area contributed by atoms with E-state index in [1.165, 1.54) is 48.8 Å². The molecule has 2 saturated heterocycles. The molecule has 0 aliphatic carbocycles. The van der Waals surface area contributed by atoms with E-state index in [9.17, 15) is 0 Å². The summed E-state index contributed by atoms with van der Waals surface area (Å²) in [6.45, 7) is 7.30. The van der Waals surface area contributed by atoms with Gasteiger partial charge in [-0.3, -0.25) is 9.80 Å². The number of nitrogens with zero attached hydrogens (tertiary/aromatic N) is 2. The molecule has 21 heavy (non-hydrogen) atoms. The number of hydrogen-bond donors (Lipinski definition) is 0. The molecule has 0 N–H and O–H groups in total. The van der Waals surface area contributed by atoms with Gasteiger partial charge in [-0.2, -0.15) is 0 Å². The molecule has 2 atom stereocenters. The first-order chi connectivity index (χ1) is 10.3. The molecular formula is C19H24N2. The summed E-state index contributed by atoms with van der Waals surface area (Å²) in [4.78, 5) is 5.37. The summed E-state index contributed by atoms with van der Waals surface area (Å²) >= 11 is 0. The van der Waals surface area contributed by atoms with Gasteiger partial charge in [-0.1, -0.05) is 36.4 Å². The highest BCUT2D eigenvalue weighted by Crippen LogP contribution is 2.28. The highest BCUT2D eigenvalue weighted by atomic mass is 15.3. The first-order valence-corrected chi connectivity index (χ1v) is 8.27. The van der Waals surface area contributed by atoms with Gasteiger partial charge in [-0.25, -0.2) is 0 Å². The summed E-state index contributed by atoms with van der Waals surface area (Å²) < 4.78 is 0. The summed E-state index contributed by atoms with van der Waals surface area (Å²) in [5.41, 5.74) is 1.45. The maximum atomic E-state index is 2.70. The van der Waals surface area contributed by atoms with Crippen molar-refractivity contribution in [3.8, 4) is 0 Å². The van der Waals surface area contributed by atoms with E-state index in [0.29, 0.717) is 6.04 Å². The van der Waals surface area contributed by atoms with Gasteiger partial charge in [0.1, 0.15) is 0 Å². The van der Waals surface area contributed by atoms with Crippen molar-refractivity contribution in [3.63, 3.8) is 0 Å². The molecule has 2 aromatic carbocycles. The van der Waals surface area contributed by atoms with Crippen molar-refractivity contribution in [1.29, 1.82) is 0 Å². The van der Waals surface area contributed by atoms with Crippen molar-refractivity contribution in [3.05, 3.63) is 48.0 Å². The minimum absolute atomic E-state index is 0.688. The van der Waals surface area contributed by atoms with Crippen LogP contribution in [0.3, 0.4) is 0 Å². The molecular weight excluding hydrogens is 256 g/mol. The van der Waals surface area contributed by atoms with E-state index in [1.54, 1.807) is 0 Å². The van der Waals surface area contributed by atoms with Crippen LogP contribution in [0.1, 0.15) is 25.3 Å². The smallest absolute Gasteiger partial charge is 0.0250 e. The second-order valence-electron chi connectivity index (χ2n) is 6.64. The Morgan fingerprint density at radius 2 is 1.86 bits per heavy atom. The Hall–Kier alpha value is -1.38. The second kappa shape index (κ2) is 5.43. The van der Waals surface area contributed by atoms with Crippen molar-refractivity contribution < 1.29 is 0 Å². The molecule has 2 heterocycles. The Kier molecular flexibility index (Phi) is 3.44. The summed E-state index contributed by atoms with van der Waals surface area (Å²) in [5, 5.41) is 2.71. The van der Waals surface area contributed by atoms with Gasteiger partial charge in [-0.05, 0) is 48.7 Å². The molecule has 2 aliphatic rings. The van der Waals surface area contributed by atoms with E-state index in [0.717, 1.165) is 12.6 Å². The average molecular weight is 280 g/mol. The van der Waals surface area contributed by atoms with Crippen LogP contribution >= 0.6 is 0 Å². The number of benzene rings is 2. The van der Waals surface area contributed by atoms with Crippen molar-refractivity contribution in [2.24, 2.45) is 0 Å². The lowest BCUT2D eigenvalue weighted by molar-refractivity contribution is 0.0471. The van der Waals surface area contributed by atoms with Gasteiger partial charge >= 0.3 is 0 Å². The molecule has 0 saturated carbocycles. The molecule has 0 amide bonds. The maximum absolute atomic E-state index is 2.70. The van der Waals surface area contributed by atoms with Crippen LogP contribution in [0.15, 0.2) is 42.5 Å². The van der Waals surface area contributed by atoms with E-state index in [2.05, 4.69) is 59.2 Å². The molecule has 0 unspecified atom stereocenters. The van der Waals surface area contributed by atoms with E-state index in [-0.39, 0.29) is 0 Å². The fourth-order valence-electron chi connectivity index (χ4n) is 4.17. The van der Waals surface area contributed by atoms with Crippen molar-refractivity contribution in [1.82, 2.24) is 9.80 Å². The average Bonchev–Trinajstić information content (AvgIpc) is 2.99. The Balaban J connectivity index is 1.54. The number of piperazine rings is 1. The van der Waals surface area contributed by atoms with Gasteiger partial charge in [-0.15, -0.1) is 0 Å². The lowest BCUT2D eigenvalue weighted by Gasteiger charge is -2.43. The third-order valence-corrected chi connectivity index (χ3v) is 5.42. The zero-order valence-electron chi connectivity index (χ0n) is 12.8. The number of fused-ring (bicyclic) bond motifs is 2. The summed E-state index contributed by atoms with van der Waals surface area (Å²) in [7, 11) is 0. The van der Waals surface area contributed by atoms with Gasteiger partial charge in [0.2, 0.25) is 0 Å². The van der Waals surface area contributed by atoms with Crippen LogP contribution < -0.4 is 0 Å². The fraction of sp³-hybridized carbons (Fsp3) is 0.474. The largest absolute Gasteiger partial charge is 0.298 e. The van der Waals surface area contributed by atoms with Crippen molar-refractivity contribution in [2.45, 2.75) is 38.4 Å². The van der Waals surface area contributed by atoms with Crippen LogP contribution in [-0.2, 0) is 6.54 Å². The molecule has 2 aromatic rings. The van der Waals surface area contributed by atoms with Crippen LogP contribution in [-0.4, -0.2) is 41.5 Å². The third-order valence-electron chi connectivity index (χ3n) is 5.42. The normalized spacial score (nSPS) is 27.1. The first kappa shape index (κ1) is 13.3. The van der Waals surface area contributed by atoms with Crippen LogP contribution in [0.4, 0.5) is 0 Å². The van der Waals surface area contributed by atoms with Crippen LogP contribution in [0.5, 0.6) is 0 Å². The van der Waals surface area contributed by atoms with Crippen molar-refractivity contribution in [2.75, 3.05) is 19.6 Å². The Morgan fingerprint density at radius 3 is 2.76 bits per heavy atom. The van der Waals surface area contributed by atoms with Gasteiger partial charge in [0.25, 0.3) is 0 Å². The summed E-state index contributed by atoms with van der Waals surface area (Å²) in [5.74, 6) is 0. The molecule has 110 valence electrons. The van der Waals surface area contributed by atoms with E-state index in [1.807, 2.05) is 0 Å².